The third-order valence-corrected chi connectivity index (χ3v) is 4.23. The molecule has 1 saturated heterocycles. The Morgan fingerprint density at radius 3 is 2.76 bits per heavy atom. The first-order valence-corrected chi connectivity index (χ1v) is 8.50. The molecule has 0 aromatic carbocycles. The molecule has 2 fully saturated rings. The highest BCUT2D eigenvalue weighted by molar-refractivity contribution is 5.80. The maximum Gasteiger partial charge on any atom is 0.191 e. The molecule has 5 nitrogen and oxygen atoms in total. The van der Waals surface area contributed by atoms with Gasteiger partial charge in [-0.15, -0.1) is 0 Å². The van der Waals surface area contributed by atoms with Crippen molar-refractivity contribution in [3.63, 3.8) is 0 Å². The van der Waals surface area contributed by atoms with Crippen LogP contribution >= 0.6 is 0 Å². The minimum atomic E-state index is -0.0193. The number of hydrogen-bond acceptors (Lipinski definition) is 3. The fraction of sp³-hybridized carbons (Fsp3) is 0.938. The molecule has 2 N–H and O–H groups in total. The van der Waals surface area contributed by atoms with Gasteiger partial charge in [-0.25, -0.2) is 0 Å². The van der Waals surface area contributed by atoms with Crippen molar-refractivity contribution >= 4 is 5.96 Å². The molecule has 0 spiro atoms. The molecule has 0 atom stereocenters. The molecule has 1 aliphatic heterocycles. The molecular weight excluding hydrogens is 264 g/mol. The van der Waals surface area contributed by atoms with E-state index in [2.05, 4.69) is 36.3 Å². The summed E-state index contributed by atoms with van der Waals surface area (Å²) in [4.78, 5) is 7.18. The second-order valence-electron chi connectivity index (χ2n) is 6.77. The largest absolute Gasteiger partial charge is 0.373 e. The van der Waals surface area contributed by atoms with Gasteiger partial charge in [-0.2, -0.15) is 0 Å². The van der Waals surface area contributed by atoms with Crippen LogP contribution in [0, 0.1) is 0 Å². The molecule has 21 heavy (non-hydrogen) atoms. The number of rotatable bonds is 5. The van der Waals surface area contributed by atoms with Crippen molar-refractivity contribution in [2.45, 2.75) is 58.1 Å². The third kappa shape index (κ3) is 5.83. The molecule has 1 heterocycles. The second-order valence-corrected chi connectivity index (χ2v) is 6.77. The first-order chi connectivity index (χ1) is 10.1. The van der Waals surface area contributed by atoms with Gasteiger partial charge in [0, 0.05) is 32.2 Å². The zero-order valence-corrected chi connectivity index (χ0v) is 14.0. The molecule has 0 aromatic rings. The molecule has 2 rings (SSSR count). The van der Waals surface area contributed by atoms with Crippen LogP contribution in [0.5, 0.6) is 0 Å². The van der Waals surface area contributed by atoms with Gasteiger partial charge in [0.2, 0.25) is 0 Å². The lowest BCUT2D eigenvalue weighted by Gasteiger charge is -2.37. The van der Waals surface area contributed by atoms with Crippen molar-refractivity contribution < 1.29 is 4.74 Å². The Labute approximate surface area is 129 Å². The Balaban J connectivity index is 1.76. The fourth-order valence-electron chi connectivity index (χ4n) is 3.19. The highest BCUT2D eigenvalue weighted by atomic mass is 16.5. The van der Waals surface area contributed by atoms with Crippen LogP contribution in [0.4, 0.5) is 0 Å². The van der Waals surface area contributed by atoms with Crippen molar-refractivity contribution in [1.82, 2.24) is 15.5 Å². The van der Waals surface area contributed by atoms with E-state index in [9.17, 15) is 0 Å². The van der Waals surface area contributed by atoms with E-state index in [1.807, 2.05) is 0 Å². The van der Waals surface area contributed by atoms with Crippen LogP contribution in [0.3, 0.4) is 0 Å². The van der Waals surface area contributed by atoms with Gasteiger partial charge in [-0.3, -0.25) is 9.89 Å². The van der Waals surface area contributed by atoms with Crippen molar-refractivity contribution in [2.24, 2.45) is 4.99 Å². The Morgan fingerprint density at radius 2 is 2.10 bits per heavy atom. The Bertz CT molecular complexity index is 337. The quantitative estimate of drug-likeness (QED) is 0.597. The molecule has 5 heteroatoms. The molecule has 0 amide bonds. The van der Waals surface area contributed by atoms with E-state index < -0.39 is 0 Å². The summed E-state index contributed by atoms with van der Waals surface area (Å²) in [6.07, 6.45) is 5.25. The summed E-state index contributed by atoms with van der Waals surface area (Å²) >= 11 is 0. The average molecular weight is 296 g/mol. The Hall–Kier alpha value is -0.810. The van der Waals surface area contributed by atoms with Gasteiger partial charge in [-0.1, -0.05) is 12.8 Å². The standard InChI is InChI=1S/C16H32N4O/c1-4-17-15(19-14-7-5-6-8-14)18-9-10-20-11-12-21-16(2,3)13-20/h14H,4-13H2,1-3H3,(H2,17,18,19). The molecule has 122 valence electrons. The van der Waals surface area contributed by atoms with Gasteiger partial charge < -0.3 is 15.4 Å². The van der Waals surface area contributed by atoms with E-state index in [1.54, 1.807) is 0 Å². The number of guanidine groups is 1. The van der Waals surface area contributed by atoms with Gasteiger partial charge >= 0.3 is 0 Å². The maximum atomic E-state index is 5.75. The molecular formula is C16H32N4O. The van der Waals surface area contributed by atoms with Gasteiger partial charge in [0.15, 0.2) is 5.96 Å². The zero-order chi connectivity index (χ0) is 15.1. The van der Waals surface area contributed by atoms with Crippen molar-refractivity contribution in [1.29, 1.82) is 0 Å². The van der Waals surface area contributed by atoms with E-state index in [-0.39, 0.29) is 5.60 Å². The number of nitrogens with one attached hydrogen (secondary N) is 2. The highest BCUT2D eigenvalue weighted by Gasteiger charge is 2.26. The smallest absolute Gasteiger partial charge is 0.191 e. The number of aliphatic imine (C=N–C) groups is 1. The zero-order valence-electron chi connectivity index (χ0n) is 14.0. The SMILES string of the molecule is CCNC(=NCCN1CCOC(C)(C)C1)NC1CCCC1. The van der Waals surface area contributed by atoms with Gasteiger partial charge in [0.1, 0.15) is 0 Å². The van der Waals surface area contributed by atoms with E-state index in [0.717, 1.165) is 45.3 Å². The molecule has 0 radical (unpaired) electrons. The minimum Gasteiger partial charge on any atom is -0.373 e. The summed E-state index contributed by atoms with van der Waals surface area (Å²) < 4.78 is 5.75. The molecule has 0 bridgehead atoms. The summed E-state index contributed by atoms with van der Waals surface area (Å²) in [5, 5.41) is 6.93. The lowest BCUT2D eigenvalue weighted by atomic mass is 10.1. The first kappa shape index (κ1) is 16.6. The summed E-state index contributed by atoms with van der Waals surface area (Å²) in [7, 11) is 0. The summed E-state index contributed by atoms with van der Waals surface area (Å²) in [5.41, 5.74) is -0.0193. The van der Waals surface area contributed by atoms with Gasteiger partial charge in [0.05, 0.1) is 18.8 Å². The van der Waals surface area contributed by atoms with E-state index in [4.69, 9.17) is 9.73 Å². The molecule has 1 saturated carbocycles. The van der Waals surface area contributed by atoms with Gasteiger partial charge in [-0.05, 0) is 33.6 Å². The van der Waals surface area contributed by atoms with E-state index in [0.29, 0.717) is 6.04 Å². The van der Waals surface area contributed by atoms with Crippen LogP contribution in [0.1, 0.15) is 46.5 Å². The third-order valence-electron chi connectivity index (χ3n) is 4.23. The fourth-order valence-corrected chi connectivity index (χ4v) is 3.19. The number of ether oxygens (including phenoxy) is 1. The average Bonchev–Trinajstić information content (AvgIpc) is 2.91. The molecule has 0 unspecified atom stereocenters. The Morgan fingerprint density at radius 1 is 1.33 bits per heavy atom. The van der Waals surface area contributed by atoms with Crippen molar-refractivity contribution in [2.75, 3.05) is 39.3 Å². The maximum absolute atomic E-state index is 5.75. The number of nitrogens with zero attached hydrogens (tertiary/aromatic N) is 2. The van der Waals surface area contributed by atoms with Crippen LogP contribution in [-0.4, -0.2) is 61.8 Å². The van der Waals surface area contributed by atoms with E-state index >= 15 is 0 Å². The van der Waals surface area contributed by atoms with Gasteiger partial charge in [0.25, 0.3) is 0 Å². The molecule has 2 aliphatic rings. The normalized spacial score (nSPS) is 24.2. The minimum absolute atomic E-state index is 0.0193. The van der Waals surface area contributed by atoms with Crippen LogP contribution in [-0.2, 0) is 4.74 Å². The summed E-state index contributed by atoms with van der Waals surface area (Å²) in [6.45, 7) is 12.1. The molecule has 0 aromatic heterocycles. The van der Waals surface area contributed by atoms with Crippen molar-refractivity contribution in [3.05, 3.63) is 0 Å². The predicted octanol–water partition coefficient (Wildman–Crippen LogP) is 1.59. The number of morpholine rings is 1. The first-order valence-electron chi connectivity index (χ1n) is 8.50. The summed E-state index contributed by atoms with van der Waals surface area (Å²) in [6, 6.07) is 0.616. The summed E-state index contributed by atoms with van der Waals surface area (Å²) in [5.74, 6) is 0.983. The predicted molar refractivity (Wildman–Crippen MR) is 87.8 cm³/mol. The lowest BCUT2D eigenvalue weighted by Crippen LogP contribution is -2.49. The lowest BCUT2D eigenvalue weighted by molar-refractivity contribution is -0.0850. The van der Waals surface area contributed by atoms with Crippen LogP contribution in [0.2, 0.25) is 0 Å². The van der Waals surface area contributed by atoms with Crippen LogP contribution < -0.4 is 10.6 Å². The van der Waals surface area contributed by atoms with Crippen molar-refractivity contribution in [3.8, 4) is 0 Å². The second kappa shape index (κ2) is 7.99. The Kier molecular flexibility index (Phi) is 6.30. The van der Waals surface area contributed by atoms with E-state index in [1.165, 1.54) is 25.7 Å². The number of hydrogen-bond donors (Lipinski definition) is 2. The molecule has 1 aliphatic carbocycles. The highest BCUT2D eigenvalue weighted by Crippen LogP contribution is 2.17. The topological polar surface area (TPSA) is 48.9 Å². The monoisotopic (exact) mass is 296 g/mol. The van der Waals surface area contributed by atoms with Crippen LogP contribution in [0.15, 0.2) is 4.99 Å². The van der Waals surface area contributed by atoms with Crippen LogP contribution in [0.25, 0.3) is 0 Å².